The quantitative estimate of drug-likeness (QED) is 0.824. The van der Waals surface area contributed by atoms with Crippen molar-refractivity contribution < 1.29 is 4.74 Å². The molecule has 96 valence electrons. The fourth-order valence-electron chi connectivity index (χ4n) is 1.88. The van der Waals surface area contributed by atoms with Gasteiger partial charge in [-0.2, -0.15) is 5.26 Å². The second kappa shape index (κ2) is 5.32. The minimum absolute atomic E-state index is 0.457. The number of methoxy groups -OCH3 is 1. The second-order valence-corrected chi connectivity index (χ2v) is 4.19. The molecule has 0 radical (unpaired) electrons. The van der Waals surface area contributed by atoms with Crippen molar-refractivity contribution in [3.05, 3.63) is 47.5 Å². The lowest BCUT2D eigenvalue weighted by molar-refractivity contribution is 0.412. The zero-order valence-electron chi connectivity index (χ0n) is 10.9. The number of nitrogen functional groups attached to an aromatic ring is 1. The van der Waals surface area contributed by atoms with Gasteiger partial charge in [-0.25, -0.2) is 0 Å². The van der Waals surface area contributed by atoms with Crippen molar-refractivity contribution in [3.8, 4) is 11.8 Å². The molecule has 0 aliphatic rings. The summed E-state index contributed by atoms with van der Waals surface area (Å²) in [5.41, 5.74) is 9.51. The van der Waals surface area contributed by atoms with Crippen LogP contribution in [0.25, 0.3) is 0 Å². The van der Waals surface area contributed by atoms with Crippen molar-refractivity contribution >= 4 is 17.1 Å². The Labute approximate surface area is 112 Å². The number of anilines is 3. The normalized spacial score (nSPS) is 9.74. The summed E-state index contributed by atoms with van der Waals surface area (Å²) < 4.78 is 5.21. The average molecular weight is 253 g/mol. The SMILES string of the molecule is COc1ccc(Nc2cccc(C#N)c2N)cc1C. The number of ether oxygens (including phenoxy) is 1. The van der Waals surface area contributed by atoms with Crippen molar-refractivity contribution in [1.82, 2.24) is 0 Å². The molecule has 2 rings (SSSR count). The molecule has 0 spiro atoms. The minimum atomic E-state index is 0.457. The molecule has 0 aliphatic carbocycles. The molecule has 0 atom stereocenters. The standard InChI is InChI=1S/C15H15N3O/c1-10-8-12(6-7-14(10)19-2)18-13-5-3-4-11(9-16)15(13)17/h3-8,18H,17H2,1-2H3. The first-order valence-electron chi connectivity index (χ1n) is 5.86. The van der Waals surface area contributed by atoms with E-state index < -0.39 is 0 Å². The maximum atomic E-state index is 8.95. The molecule has 0 saturated heterocycles. The van der Waals surface area contributed by atoms with Gasteiger partial charge in [-0.15, -0.1) is 0 Å². The Morgan fingerprint density at radius 3 is 2.68 bits per heavy atom. The highest BCUT2D eigenvalue weighted by molar-refractivity contribution is 5.77. The first kappa shape index (κ1) is 12.8. The smallest absolute Gasteiger partial charge is 0.121 e. The van der Waals surface area contributed by atoms with E-state index in [-0.39, 0.29) is 0 Å². The van der Waals surface area contributed by atoms with E-state index in [1.165, 1.54) is 0 Å². The molecule has 0 bridgehead atoms. The maximum absolute atomic E-state index is 8.95. The van der Waals surface area contributed by atoms with Gasteiger partial charge in [-0.1, -0.05) is 6.07 Å². The Hall–Kier alpha value is -2.67. The van der Waals surface area contributed by atoms with Crippen LogP contribution >= 0.6 is 0 Å². The molecule has 0 fully saturated rings. The monoisotopic (exact) mass is 253 g/mol. The maximum Gasteiger partial charge on any atom is 0.121 e. The lowest BCUT2D eigenvalue weighted by atomic mass is 10.1. The molecule has 0 aromatic heterocycles. The number of rotatable bonds is 3. The fourth-order valence-corrected chi connectivity index (χ4v) is 1.88. The summed E-state index contributed by atoms with van der Waals surface area (Å²) >= 11 is 0. The minimum Gasteiger partial charge on any atom is -0.496 e. The number of nitrogens with zero attached hydrogens (tertiary/aromatic N) is 1. The summed E-state index contributed by atoms with van der Waals surface area (Å²) in [6.45, 7) is 1.97. The van der Waals surface area contributed by atoms with E-state index in [0.29, 0.717) is 11.3 Å². The van der Waals surface area contributed by atoms with Crippen molar-refractivity contribution in [3.63, 3.8) is 0 Å². The number of nitrogens with two attached hydrogens (primary N) is 1. The van der Waals surface area contributed by atoms with E-state index in [4.69, 9.17) is 15.7 Å². The zero-order chi connectivity index (χ0) is 13.8. The van der Waals surface area contributed by atoms with Crippen LogP contribution in [-0.2, 0) is 0 Å². The number of benzene rings is 2. The van der Waals surface area contributed by atoms with Gasteiger partial charge in [-0.3, -0.25) is 0 Å². The fraction of sp³-hybridized carbons (Fsp3) is 0.133. The molecule has 0 amide bonds. The van der Waals surface area contributed by atoms with Gasteiger partial charge in [0.25, 0.3) is 0 Å². The van der Waals surface area contributed by atoms with Crippen LogP contribution in [0.1, 0.15) is 11.1 Å². The number of aryl methyl sites for hydroxylation is 1. The van der Waals surface area contributed by atoms with Gasteiger partial charge in [0.1, 0.15) is 11.8 Å². The van der Waals surface area contributed by atoms with Crippen LogP contribution in [0.15, 0.2) is 36.4 Å². The van der Waals surface area contributed by atoms with Crippen LogP contribution in [0, 0.1) is 18.3 Å². The summed E-state index contributed by atoms with van der Waals surface area (Å²) in [5, 5.41) is 12.2. The lowest BCUT2D eigenvalue weighted by Crippen LogP contribution is -1.99. The molecular formula is C15H15N3O. The Morgan fingerprint density at radius 2 is 2.05 bits per heavy atom. The van der Waals surface area contributed by atoms with Crippen molar-refractivity contribution in [2.75, 3.05) is 18.2 Å². The molecule has 19 heavy (non-hydrogen) atoms. The van der Waals surface area contributed by atoms with Crippen LogP contribution in [0.3, 0.4) is 0 Å². The van der Waals surface area contributed by atoms with E-state index in [0.717, 1.165) is 22.7 Å². The van der Waals surface area contributed by atoms with Crippen LogP contribution < -0.4 is 15.8 Å². The highest BCUT2D eigenvalue weighted by atomic mass is 16.5. The Morgan fingerprint density at radius 1 is 1.26 bits per heavy atom. The molecule has 2 aromatic rings. The highest BCUT2D eigenvalue weighted by Gasteiger charge is 2.05. The van der Waals surface area contributed by atoms with Crippen LogP contribution in [-0.4, -0.2) is 7.11 Å². The van der Waals surface area contributed by atoms with Crippen LogP contribution in [0.4, 0.5) is 17.1 Å². The molecule has 0 saturated carbocycles. The number of nitriles is 1. The molecule has 0 aliphatic heterocycles. The van der Waals surface area contributed by atoms with E-state index in [2.05, 4.69) is 11.4 Å². The predicted molar refractivity (Wildman–Crippen MR) is 76.6 cm³/mol. The third-order valence-corrected chi connectivity index (χ3v) is 2.90. The first-order valence-corrected chi connectivity index (χ1v) is 5.86. The molecule has 4 heteroatoms. The second-order valence-electron chi connectivity index (χ2n) is 4.19. The average Bonchev–Trinajstić information content (AvgIpc) is 2.41. The number of hydrogen-bond acceptors (Lipinski definition) is 4. The summed E-state index contributed by atoms with van der Waals surface area (Å²) in [6.07, 6.45) is 0. The topological polar surface area (TPSA) is 71.1 Å². The molecular weight excluding hydrogens is 238 g/mol. The van der Waals surface area contributed by atoms with Gasteiger partial charge < -0.3 is 15.8 Å². The van der Waals surface area contributed by atoms with Crippen LogP contribution in [0.5, 0.6) is 5.75 Å². The summed E-state index contributed by atoms with van der Waals surface area (Å²) in [4.78, 5) is 0. The molecule has 3 N–H and O–H groups in total. The van der Waals surface area contributed by atoms with Gasteiger partial charge >= 0.3 is 0 Å². The number of para-hydroxylation sites is 1. The van der Waals surface area contributed by atoms with Gasteiger partial charge in [0.15, 0.2) is 0 Å². The largest absolute Gasteiger partial charge is 0.496 e. The lowest BCUT2D eigenvalue weighted by Gasteiger charge is -2.12. The zero-order valence-corrected chi connectivity index (χ0v) is 10.9. The molecule has 4 nitrogen and oxygen atoms in total. The van der Waals surface area contributed by atoms with Crippen molar-refractivity contribution in [2.24, 2.45) is 0 Å². The molecule has 2 aromatic carbocycles. The Bertz CT molecular complexity index is 644. The predicted octanol–water partition coefficient (Wildman–Crippen LogP) is 3.20. The van der Waals surface area contributed by atoms with E-state index in [9.17, 15) is 0 Å². The summed E-state index contributed by atoms with van der Waals surface area (Å²) in [7, 11) is 1.64. The van der Waals surface area contributed by atoms with Gasteiger partial charge in [0.2, 0.25) is 0 Å². The van der Waals surface area contributed by atoms with Crippen molar-refractivity contribution in [2.45, 2.75) is 6.92 Å². The third kappa shape index (κ3) is 2.61. The summed E-state index contributed by atoms with van der Waals surface area (Å²) in [6, 6.07) is 13.2. The van der Waals surface area contributed by atoms with E-state index in [1.807, 2.05) is 31.2 Å². The molecule has 0 heterocycles. The number of nitrogens with one attached hydrogen (secondary N) is 1. The Kier molecular flexibility index (Phi) is 3.58. The van der Waals surface area contributed by atoms with Gasteiger partial charge in [0.05, 0.1) is 24.0 Å². The first-order chi connectivity index (χ1) is 9.15. The van der Waals surface area contributed by atoms with Gasteiger partial charge in [-0.05, 0) is 42.8 Å². The van der Waals surface area contributed by atoms with E-state index in [1.54, 1.807) is 19.2 Å². The highest BCUT2D eigenvalue weighted by Crippen LogP contribution is 2.28. The Balaban J connectivity index is 2.32. The van der Waals surface area contributed by atoms with Gasteiger partial charge in [0, 0.05) is 5.69 Å². The molecule has 0 unspecified atom stereocenters. The van der Waals surface area contributed by atoms with E-state index >= 15 is 0 Å². The van der Waals surface area contributed by atoms with Crippen molar-refractivity contribution in [1.29, 1.82) is 5.26 Å². The summed E-state index contributed by atoms with van der Waals surface area (Å²) in [5.74, 6) is 0.837. The number of hydrogen-bond donors (Lipinski definition) is 2. The third-order valence-electron chi connectivity index (χ3n) is 2.90. The van der Waals surface area contributed by atoms with Crippen LogP contribution in [0.2, 0.25) is 0 Å².